The average molecular weight is 395 g/mol. The number of carbonyl (C=O) groups is 2. The van der Waals surface area contributed by atoms with E-state index < -0.39 is 18.1 Å². The van der Waals surface area contributed by atoms with Gasteiger partial charge in [-0.25, -0.2) is 9.59 Å². The van der Waals surface area contributed by atoms with Crippen molar-refractivity contribution in [2.75, 3.05) is 14.2 Å². The first kappa shape index (κ1) is 20.4. The molecule has 7 heteroatoms. The molecule has 1 aromatic heterocycles. The van der Waals surface area contributed by atoms with Gasteiger partial charge in [-0.15, -0.1) is 0 Å². The normalized spacial score (nSPS) is 11.9. The van der Waals surface area contributed by atoms with Crippen molar-refractivity contribution in [3.8, 4) is 0 Å². The van der Waals surface area contributed by atoms with Crippen molar-refractivity contribution in [3.05, 3.63) is 65.4 Å². The molecule has 0 aliphatic carbocycles. The Bertz CT molecular complexity index is 1010. The zero-order valence-corrected chi connectivity index (χ0v) is 17.1. The van der Waals surface area contributed by atoms with Gasteiger partial charge in [-0.2, -0.15) is 5.10 Å². The first-order valence-corrected chi connectivity index (χ1v) is 9.33. The Morgan fingerprint density at radius 1 is 1.17 bits per heavy atom. The monoisotopic (exact) mass is 395 g/mol. The van der Waals surface area contributed by atoms with Crippen molar-refractivity contribution in [1.29, 1.82) is 0 Å². The molecule has 0 unspecified atom stereocenters. The summed E-state index contributed by atoms with van der Waals surface area (Å²) in [7, 11) is 4.75. The van der Waals surface area contributed by atoms with Gasteiger partial charge in [-0.3, -0.25) is 9.58 Å². The van der Waals surface area contributed by atoms with E-state index in [0.29, 0.717) is 6.42 Å². The number of amides is 1. The summed E-state index contributed by atoms with van der Waals surface area (Å²) in [5.74, 6) is -0.493. The highest BCUT2D eigenvalue weighted by Gasteiger charge is 2.29. The first-order chi connectivity index (χ1) is 13.9. The predicted molar refractivity (Wildman–Crippen MR) is 109 cm³/mol. The average Bonchev–Trinajstić information content (AvgIpc) is 3.11. The Balaban J connectivity index is 1.76. The van der Waals surface area contributed by atoms with Crippen LogP contribution in [0, 0.1) is 6.92 Å². The van der Waals surface area contributed by atoms with Crippen molar-refractivity contribution in [3.63, 3.8) is 0 Å². The highest BCUT2D eigenvalue weighted by Crippen LogP contribution is 2.22. The van der Waals surface area contributed by atoms with Gasteiger partial charge >= 0.3 is 12.1 Å². The van der Waals surface area contributed by atoms with Crippen molar-refractivity contribution >= 4 is 23.0 Å². The van der Waals surface area contributed by atoms with E-state index in [0.717, 1.165) is 27.6 Å². The van der Waals surface area contributed by atoms with Gasteiger partial charge in [-0.05, 0) is 29.7 Å². The fraction of sp³-hybridized carbons (Fsp3) is 0.318. The molecular weight excluding hydrogens is 370 g/mol. The lowest BCUT2D eigenvalue weighted by atomic mass is 10.0. The number of aromatic nitrogens is 2. The fourth-order valence-corrected chi connectivity index (χ4v) is 3.43. The number of esters is 1. The zero-order valence-electron chi connectivity index (χ0n) is 17.1. The van der Waals surface area contributed by atoms with Gasteiger partial charge < -0.3 is 9.47 Å². The van der Waals surface area contributed by atoms with Gasteiger partial charge in [-0.1, -0.05) is 36.4 Å². The van der Waals surface area contributed by atoms with Crippen LogP contribution in [0.15, 0.2) is 48.7 Å². The van der Waals surface area contributed by atoms with Crippen LogP contribution in [0.2, 0.25) is 0 Å². The maximum atomic E-state index is 12.5. The number of rotatable bonds is 6. The first-order valence-electron chi connectivity index (χ1n) is 9.33. The molecule has 29 heavy (non-hydrogen) atoms. The molecule has 7 nitrogen and oxygen atoms in total. The van der Waals surface area contributed by atoms with E-state index in [-0.39, 0.29) is 6.61 Å². The van der Waals surface area contributed by atoms with Crippen molar-refractivity contribution in [1.82, 2.24) is 14.7 Å². The summed E-state index contributed by atoms with van der Waals surface area (Å²) < 4.78 is 12.1. The van der Waals surface area contributed by atoms with Crippen molar-refractivity contribution < 1.29 is 19.1 Å². The summed E-state index contributed by atoms with van der Waals surface area (Å²) in [6, 6.07) is 12.6. The SMILES string of the molecule is COC(=O)[C@@H](Cc1cc(C)c2c(cnn2C)c1)N(C)C(=O)OCc1ccccc1. The van der Waals surface area contributed by atoms with Crippen LogP contribution in [0.3, 0.4) is 0 Å². The zero-order chi connectivity index (χ0) is 21.0. The Hall–Kier alpha value is -3.35. The highest BCUT2D eigenvalue weighted by molar-refractivity contribution is 5.84. The van der Waals surface area contributed by atoms with Crippen LogP contribution in [-0.4, -0.2) is 46.9 Å². The van der Waals surface area contributed by atoms with Gasteiger partial charge in [0, 0.05) is 25.9 Å². The molecule has 0 N–H and O–H groups in total. The molecule has 0 aliphatic rings. The quantitative estimate of drug-likeness (QED) is 0.599. The summed E-state index contributed by atoms with van der Waals surface area (Å²) in [4.78, 5) is 26.2. The molecule has 0 bridgehead atoms. The van der Waals surface area contributed by atoms with E-state index in [1.165, 1.54) is 12.0 Å². The van der Waals surface area contributed by atoms with Gasteiger partial charge in [0.05, 0.1) is 18.8 Å². The van der Waals surface area contributed by atoms with Crippen LogP contribution in [-0.2, 0) is 34.3 Å². The van der Waals surface area contributed by atoms with Gasteiger partial charge in [0.25, 0.3) is 0 Å². The van der Waals surface area contributed by atoms with Gasteiger partial charge in [0.15, 0.2) is 0 Å². The number of aryl methyl sites for hydroxylation is 2. The summed E-state index contributed by atoms with van der Waals surface area (Å²) in [5.41, 5.74) is 3.89. The molecule has 0 saturated heterocycles. The highest BCUT2D eigenvalue weighted by atomic mass is 16.6. The second-order valence-electron chi connectivity index (χ2n) is 7.01. The molecule has 2 aromatic carbocycles. The molecular formula is C22H25N3O4. The largest absolute Gasteiger partial charge is 0.467 e. The number of fused-ring (bicyclic) bond motifs is 1. The van der Waals surface area contributed by atoms with Gasteiger partial charge in [0.2, 0.25) is 0 Å². The summed E-state index contributed by atoms with van der Waals surface area (Å²) in [5, 5.41) is 5.27. The third-order valence-corrected chi connectivity index (χ3v) is 4.95. The van der Waals surface area contributed by atoms with Gasteiger partial charge in [0.1, 0.15) is 12.6 Å². The van der Waals surface area contributed by atoms with Crippen LogP contribution >= 0.6 is 0 Å². The number of hydrogen-bond acceptors (Lipinski definition) is 5. The molecule has 1 amide bonds. The van der Waals surface area contributed by atoms with E-state index in [1.807, 2.05) is 61.1 Å². The number of ether oxygens (including phenoxy) is 2. The second-order valence-corrected chi connectivity index (χ2v) is 7.01. The lowest BCUT2D eigenvalue weighted by Gasteiger charge is -2.25. The standard InChI is InChI=1S/C22H25N3O4/c1-15-10-17(11-18-13-23-25(3)20(15)18)12-19(21(26)28-4)24(2)22(27)29-14-16-8-6-5-7-9-16/h5-11,13,19H,12,14H2,1-4H3/t19-/m1/s1. The van der Waals surface area contributed by atoms with E-state index in [2.05, 4.69) is 5.10 Å². The van der Waals surface area contributed by atoms with Crippen molar-refractivity contribution in [2.24, 2.45) is 7.05 Å². The predicted octanol–water partition coefficient (Wildman–Crippen LogP) is 3.23. The molecule has 152 valence electrons. The Kier molecular flexibility index (Phi) is 6.16. The third-order valence-electron chi connectivity index (χ3n) is 4.95. The van der Waals surface area contributed by atoms with Crippen LogP contribution in [0.25, 0.3) is 10.9 Å². The summed E-state index contributed by atoms with van der Waals surface area (Å²) >= 11 is 0. The topological polar surface area (TPSA) is 73.7 Å². The second kappa shape index (κ2) is 8.77. The van der Waals surface area contributed by atoms with E-state index in [4.69, 9.17) is 9.47 Å². The van der Waals surface area contributed by atoms with E-state index >= 15 is 0 Å². The minimum Gasteiger partial charge on any atom is -0.467 e. The summed E-state index contributed by atoms with van der Waals surface area (Å²) in [6.07, 6.45) is 1.52. The lowest BCUT2D eigenvalue weighted by Crippen LogP contribution is -2.44. The molecule has 1 heterocycles. The lowest BCUT2D eigenvalue weighted by molar-refractivity contribution is -0.146. The molecule has 0 saturated carbocycles. The molecule has 3 rings (SSSR count). The smallest absolute Gasteiger partial charge is 0.410 e. The van der Waals surface area contributed by atoms with Crippen LogP contribution < -0.4 is 0 Å². The Labute approximate surface area is 169 Å². The number of hydrogen-bond donors (Lipinski definition) is 0. The van der Waals surface area contributed by atoms with Crippen LogP contribution in [0.5, 0.6) is 0 Å². The molecule has 0 fully saturated rings. The van der Waals surface area contributed by atoms with E-state index in [1.54, 1.807) is 13.2 Å². The third kappa shape index (κ3) is 4.56. The maximum Gasteiger partial charge on any atom is 0.410 e. The number of benzene rings is 2. The molecule has 1 atom stereocenters. The number of likely N-dealkylation sites (N-methyl/N-ethyl adjacent to an activating group) is 1. The number of carbonyl (C=O) groups excluding carboxylic acids is 2. The Morgan fingerprint density at radius 2 is 1.90 bits per heavy atom. The summed E-state index contributed by atoms with van der Waals surface area (Å²) in [6.45, 7) is 2.14. The molecule has 0 spiro atoms. The maximum absolute atomic E-state index is 12.5. The van der Waals surface area contributed by atoms with Crippen LogP contribution in [0.1, 0.15) is 16.7 Å². The molecule has 0 aliphatic heterocycles. The number of methoxy groups -OCH3 is 1. The molecule has 0 radical (unpaired) electrons. The Morgan fingerprint density at radius 3 is 2.59 bits per heavy atom. The van der Waals surface area contributed by atoms with Crippen molar-refractivity contribution in [2.45, 2.75) is 26.0 Å². The fourth-order valence-electron chi connectivity index (χ4n) is 3.43. The minimum absolute atomic E-state index is 0.138. The van der Waals surface area contributed by atoms with E-state index in [9.17, 15) is 9.59 Å². The minimum atomic E-state index is -0.795. The van der Waals surface area contributed by atoms with Crippen LogP contribution in [0.4, 0.5) is 4.79 Å². The molecule has 3 aromatic rings. The number of nitrogens with zero attached hydrogens (tertiary/aromatic N) is 3.